The lowest BCUT2D eigenvalue weighted by molar-refractivity contribution is -0.132. The third kappa shape index (κ3) is 7.15. The molecule has 0 aliphatic carbocycles. The fourth-order valence-corrected chi connectivity index (χ4v) is 3.44. The average molecular weight is 464 g/mol. The summed E-state index contributed by atoms with van der Waals surface area (Å²) in [5, 5.41) is 0. The van der Waals surface area contributed by atoms with Gasteiger partial charge in [0.15, 0.2) is 11.5 Å². The van der Waals surface area contributed by atoms with Gasteiger partial charge in [-0.05, 0) is 42.2 Å². The molecule has 0 aromatic heterocycles. The number of rotatable bonds is 7. The first-order chi connectivity index (χ1) is 14.7. The van der Waals surface area contributed by atoms with E-state index >= 15 is 0 Å². The maximum Gasteiger partial charge on any atom is 0.343 e. The zero-order chi connectivity index (χ0) is 24.3. The van der Waals surface area contributed by atoms with E-state index in [4.69, 9.17) is 19.4 Å². The van der Waals surface area contributed by atoms with Crippen LogP contribution in [-0.4, -0.2) is 32.7 Å². The number of hydrogen-bond donors (Lipinski definition) is 1. The Labute approximate surface area is 188 Å². The van der Waals surface area contributed by atoms with Crippen LogP contribution in [0.2, 0.25) is 0 Å². The van der Waals surface area contributed by atoms with Crippen molar-refractivity contribution in [3.8, 4) is 11.5 Å². The molecular weight excluding hydrogens is 434 g/mol. The second-order valence-electron chi connectivity index (χ2n) is 8.67. The molecule has 9 heteroatoms. The van der Waals surface area contributed by atoms with E-state index < -0.39 is 39.6 Å². The van der Waals surface area contributed by atoms with Gasteiger partial charge in [-0.25, -0.2) is 4.79 Å². The molecule has 2 unspecified atom stereocenters. The van der Waals surface area contributed by atoms with Crippen LogP contribution in [0.1, 0.15) is 55.3 Å². The van der Waals surface area contributed by atoms with E-state index in [1.54, 1.807) is 24.3 Å². The summed E-state index contributed by atoms with van der Waals surface area (Å²) in [6, 6.07) is 10.3. The van der Waals surface area contributed by atoms with Crippen molar-refractivity contribution >= 4 is 22.1 Å². The fourth-order valence-electron chi connectivity index (χ4n) is 2.83. The third-order valence-corrected chi connectivity index (χ3v) is 5.20. The minimum absolute atomic E-state index is 0.00384. The van der Waals surface area contributed by atoms with Gasteiger partial charge in [0.05, 0.1) is 11.8 Å². The monoisotopic (exact) mass is 463 g/mol. The number of hydrogen-bond acceptors (Lipinski definition) is 8. The Bertz CT molecular complexity index is 1090. The molecule has 0 fully saturated rings. The van der Waals surface area contributed by atoms with Crippen molar-refractivity contribution in [3.63, 3.8) is 0 Å². The van der Waals surface area contributed by atoms with Gasteiger partial charge in [-0.1, -0.05) is 44.5 Å². The molecule has 0 saturated carbocycles. The highest BCUT2D eigenvalue weighted by atomic mass is 32.2. The van der Waals surface area contributed by atoms with E-state index in [0.717, 1.165) is 11.8 Å². The van der Waals surface area contributed by atoms with Crippen LogP contribution < -0.4 is 15.2 Å². The van der Waals surface area contributed by atoms with Crippen molar-refractivity contribution in [2.45, 2.75) is 46.8 Å². The summed E-state index contributed by atoms with van der Waals surface area (Å²) in [5.41, 5.74) is 7.43. The maximum atomic E-state index is 12.7. The number of esters is 2. The lowest BCUT2D eigenvalue weighted by Gasteiger charge is -2.33. The Morgan fingerprint density at radius 3 is 2.06 bits per heavy atom. The first-order valence-corrected chi connectivity index (χ1v) is 11.7. The Balaban J connectivity index is 2.52. The molecule has 174 valence electrons. The molecule has 0 amide bonds. The molecule has 2 atom stereocenters. The largest absolute Gasteiger partial charge is 0.423 e. The number of carbonyl (C=O) groups excluding carboxylic acids is 2. The van der Waals surface area contributed by atoms with Gasteiger partial charge in [-0.2, -0.15) is 8.42 Å². The van der Waals surface area contributed by atoms with Gasteiger partial charge in [0.25, 0.3) is 10.1 Å². The lowest BCUT2D eigenvalue weighted by Crippen LogP contribution is -2.42. The topological polar surface area (TPSA) is 122 Å². The summed E-state index contributed by atoms with van der Waals surface area (Å²) < 4.78 is 39.7. The zero-order valence-corrected chi connectivity index (χ0v) is 19.9. The fraction of sp³-hybridized carbons (Fsp3) is 0.391. The SMILES string of the molecule is CC(=O)Oc1ccc(C(OS(C)(=O)=O)C(N)C(C)(C)C)cc1OC(=O)c1ccc(C)cc1. The first kappa shape index (κ1) is 25.5. The predicted molar refractivity (Wildman–Crippen MR) is 120 cm³/mol. The summed E-state index contributed by atoms with van der Waals surface area (Å²) in [7, 11) is -3.86. The second-order valence-corrected chi connectivity index (χ2v) is 10.3. The van der Waals surface area contributed by atoms with Crippen LogP contribution in [0.25, 0.3) is 0 Å². The van der Waals surface area contributed by atoms with Crippen molar-refractivity contribution in [2.75, 3.05) is 6.26 Å². The van der Waals surface area contributed by atoms with Crippen LogP contribution in [0, 0.1) is 12.3 Å². The standard InChI is InChI=1S/C23H29NO7S/c1-14-7-9-16(10-8-14)22(26)30-19-13-17(11-12-18(19)29-15(2)25)20(31-32(6,27)28)21(24)23(3,4)5/h7-13,20-21H,24H2,1-6H3. The van der Waals surface area contributed by atoms with Crippen LogP contribution in [0.5, 0.6) is 11.5 Å². The van der Waals surface area contributed by atoms with E-state index in [-0.39, 0.29) is 11.5 Å². The molecule has 32 heavy (non-hydrogen) atoms. The minimum Gasteiger partial charge on any atom is -0.423 e. The summed E-state index contributed by atoms with van der Waals surface area (Å²) in [6.07, 6.45) is -0.130. The summed E-state index contributed by atoms with van der Waals surface area (Å²) in [6.45, 7) is 8.65. The van der Waals surface area contributed by atoms with E-state index in [9.17, 15) is 18.0 Å². The summed E-state index contributed by atoms with van der Waals surface area (Å²) >= 11 is 0. The van der Waals surface area contributed by atoms with Gasteiger partial charge < -0.3 is 15.2 Å². The predicted octanol–water partition coefficient (Wildman–Crippen LogP) is 3.53. The molecule has 8 nitrogen and oxygen atoms in total. The number of carbonyl (C=O) groups is 2. The highest BCUT2D eigenvalue weighted by Crippen LogP contribution is 2.37. The van der Waals surface area contributed by atoms with Crippen LogP contribution in [-0.2, 0) is 19.1 Å². The highest BCUT2D eigenvalue weighted by Gasteiger charge is 2.34. The Hall–Kier alpha value is -2.75. The molecule has 2 N–H and O–H groups in total. The average Bonchev–Trinajstić information content (AvgIpc) is 2.65. The molecule has 0 radical (unpaired) electrons. The van der Waals surface area contributed by atoms with Gasteiger partial charge >= 0.3 is 11.9 Å². The lowest BCUT2D eigenvalue weighted by atomic mass is 9.82. The molecule has 0 heterocycles. The molecule has 0 aliphatic heterocycles. The van der Waals surface area contributed by atoms with Crippen LogP contribution in [0.15, 0.2) is 42.5 Å². The summed E-state index contributed by atoms with van der Waals surface area (Å²) in [4.78, 5) is 24.2. The normalized spacial score (nSPS) is 13.8. The molecule has 2 aromatic rings. The van der Waals surface area contributed by atoms with Gasteiger partial charge in [0, 0.05) is 13.0 Å². The van der Waals surface area contributed by atoms with E-state index in [1.165, 1.54) is 25.1 Å². The van der Waals surface area contributed by atoms with Crippen molar-refractivity contribution in [1.82, 2.24) is 0 Å². The smallest absolute Gasteiger partial charge is 0.343 e. The van der Waals surface area contributed by atoms with Crippen molar-refractivity contribution < 1.29 is 31.7 Å². The van der Waals surface area contributed by atoms with Gasteiger partial charge in [0.2, 0.25) is 0 Å². The Morgan fingerprint density at radius 2 is 1.56 bits per heavy atom. The first-order valence-electron chi connectivity index (χ1n) is 9.92. The van der Waals surface area contributed by atoms with Gasteiger partial charge in [0.1, 0.15) is 6.10 Å². The Morgan fingerprint density at radius 1 is 0.969 bits per heavy atom. The number of benzene rings is 2. The molecule has 2 aromatic carbocycles. The quantitative estimate of drug-likeness (QED) is 0.376. The molecule has 0 spiro atoms. The highest BCUT2D eigenvalue weighted by molar-refractivity contribution is 7.86. The van der Waals surface area contributed by atoms with Gasteiger partial charge in [-0.3, -0.25) is 8.98 Å². The molecule has 0 aliphatic rings. The third-order valence-electron chi connectivity index (χ3n) is 4.64. The van der Waals surface area contributed by atoms with Crippen molar-refractivity contribution in [1.29, 1.82) is 0 Å². The summed E-state index contributed by atoms with van der Waals surface area (Å²) in [5.74, 6) is -1.34. The Kier molecular flexibility index (Phi) is 7.82. The molecule has 0 saturated heterocycles. The van der Waals surface area contributed by atoms with Gasteiger partial charge in [-0.15, -0.1) is 0 Å². The molecule has 2 rings (SSSR count). The van der Waals surface area contributed by atoms with Crippen LogP contribution in [0.3, 0.4) is 0 Å². The van der Waals surface area contributed by atoms with Crippen molar-refractivity contribution in [2.24, 2.45) is 11.1 Å². The second kappa shape index (κ2) is 9.81. The van der Waals surface area contributed by atoms with E-state index in [0.29, 0.717) is 11.1 Å². The number of aryl methyl sites for hydroxylation is 1. The maximum absolute atomic E-state index is 12.7. The van der Waals surface area contributed by atoms with E-state index in [1.807, 2.05) is 27.7 Å². The van der Waals surface area contributed by atoms with Crippen molar-refractivity contribution in [3.05, 3.63) is 59.2 Å². The zero-order valence-electron chi connectivity index (χ0n) is 19.0. The number of nitrogens with two attached hydrogens (primary N) is 1. The van der Waals surface area contributed by atoms with E-state index in [2.05, 4.69) is 0 Å². The minimum atomic E-state index is -3.86. The number of ether oxygens (including phenoxy) is 2. The van der Waals surface area contributed by atoms with Crippen LogP contribution >= 0.6 is 0 Å². The molecule has 0 bridgehead atoms. The van der Waals surface area contributed by atoms with Crippen LogP contribution in [0.4, 0.5) is 0 Å². The molecular formula is C23H29NO7S.